The number of aromatic amines is 1. The molecule has 0 spiro atoms. The third-order valence-electron chi connectivity index (χ3n) is 5.40. The summed E-state index contributed by atoms with van der Waals surface area (Å²) in [5.41, 5.74) is 12.4. The van der Waals surface area contributed by atoms with Gasteiger partial charge in [-0.05, 0) is 54.6 Å². The number of aromatic nitrogens is 1. The second-order valence-corrected chi connectivity index (χ2v) is 7.34. The Kier molecular flexibility index (Phi) is 8.32. The number of aryl methyl sites for hydroxylation is 1. The molecular weight excluding hydrogens is 407 g/mol. The molecule has 0 fully saturated rings. The van der Waals surface area contributed by atoms with Crippen LogP contribution in [0.5, 0.6) is 5.75 Å². The highest BCUT2D eigenvalue weighted by atomic mass is 19.0. The summed E-state index contributed by atoms with van der Waals surface area (Å²) in [7, 11) is 7.80. The van der Waals surface area contributed by atoms with Gasteiger partial charge in [-0.2, -0.15) is 0 Å². The second-order valence-electron chi connectivity index (χ2n) is 7.34. The number of benzene rings is 2. The number of nitrogens with one attached hydrogen (secondary N) is 1. The third-order valence-corrected chi connectivity index (χ3v) is 5.40. The van der Waals surface area contributed by atoms with Crippen LogP contribution in [0.25, 0.3) is 28.5 Å². The normalized spacial score (nSPS) is 14.3. The molecule has 0 bridgehead atoms. The molecule has 1 aliphatic heterocycles. The summed E-state index contributed by atoms with van der Waals surface area (Å²) in [6, 6.07) is 14.5. The van der Waals surface area contributed by atoms with Crippen LogP contribution in [-0.4, -0.2) is 37.3 Å². The first-order valence-corrected chi connectivity index (χ1v) is 10.0. The average Bonchev–Trinajstić information content (AvgIpc) is 3.35. The van der Waals surface area contributed by atoms with E-state index in [1.165, 1.54) is 5.56 Å². The summed E-state index contributed by atoms with van der Waals surface area (Å²) in [5.74, 6) is 0.881. The van der Waals surface area contributed by atoms with E-state index in [1.807, 2.05) is 36.6 Å². The summed E-state index contributed by atoms with van der Waals surface area (Å²) < 4.78 is 7.15. The van der Waals surface area contributed by atoms with Crippen molar-refractivity contribution in [3.05, 3.63) is 82.8 Å². The van der Waals surface area contributed by atoms with Crippen molar-refractivity contribution in [1.29, 1.82) is 0 Å². The molecule has 3 N–H and O–H groups in total. The van der Waals surface area contributed by atoms with E-state index in [-0.39, 0.29) is 9.41 Å². The Labute approximate surface area is 188 Å². The first-order valence-electron chi connectivity index (χ1n) is 10.0. The van der Waals surface area contributed by atoms with Crippen LogP contribution < -0.4 is 10.5 Å². The number of hydrogen-bond donors (Lipinski definition) is 2. The quantitative estimate of drug-likeness (QED) is 0.550. The van der Waals surface area contributed by atoms with Gasteiger partial charge in [0.2, 0.25) is 0 Å². The second kappa shape index (κ2) is 10.7. The predicted octanol–water partition coefficient (Wildman–Crippen LogP) is 4.76. The Morgan fingerprint density at radius 1 is 1.12 bits per heavy atom. The van der Waals surface area contributed by atoms with E-state index in [0.29, 0.717) is 6.54 Å². The van der Waals surface area contributed by atoms with Crippen molar-refractivity contribution >= 4 is 42.7 Å². The van der Waals surface area contributed by atoms with E-state index < -0.39 is 0 Å². The Morgan fingerprint density at radius 2 is 1.88 bits per heavy atom. The first kappa shape index (κ1) is 24.8. The Balaban J connectivity index is 0.00000181. The predicted molar refractivity (Wildman–Crippen MR) is 132 cm³/mol. The molecule has 164 valence electrons. The van der Waals surface area contributed by atoms with Crippen LogP contribution in [0.2, 0.25) is 0 Å². The van der Waals surface area contributed by atoms with Crippen LogP contribution in [0.15, 0.2) is 60.3 Å². The van der Waals surface area contributed by atoms with Crippen LogP contribution in [0, 0.1) is 6.92 Å². The zero-order valence-electron chi connectivity index (χ0n) is 18.2. The van der Waals surface area contributed by atoms with Gasteiger partial charge < -0.3 is 15.5 Å². The Morgan fingerprint density at radius 3 is 2.53 bits per heavy atom. The standard InChI is InChI=1S/C25H25BN3O.2FH/c1-17-16-19(28-25(17)22(13-14-27)23-8-5-15-29(23)26)11-9-18-10-12-24(30-2)21-7-4-3-6-20(18)21;;/h3-12,15-16,28H,13-14,27H2,1-2H3;2*1H/q+1;;/b11-9+;;. The van der Waals surface area contributed by atoms with Crippen LogP contribution in [0.3, 0.4) is 0 Å². The minimum atomic E-state index is 0. The van der Waals surface area contributed by atoms with Crippen molar-refractivity contribution in [2.45, 2.75) is 13.3 Å². The molecule has 0 atom stereocenters. The van der Waals surface area contributed by atoms with Gasteiger partial charge >= 0.3 is 7.98 Å². The minimum Gasteiger partial charge on any atom is -0.496 e. The maximum absolute atomic E-state index is 6.09. The summed E-state index contributed by atoms with van der Waals surface area (Å²) in [5, 5.41) is 2.26. The van der Waals surface area contributed by atoms with E-state index in [1.54, 1.807) is 11.6 Å². The molecule has 4 nitrogen and oxygen atoms in total. The fraction of sp³-hybridized carbons (Fsp3) is 0.160. The number of nitrogens with zero attached hydrogens (tertiary/aromatic N) is 1. The molecule has 1 aromatic heterocycles. The first-order chi connectivity index (χ1) is 14.6. The number of fused-ring (bicyclic) bond motifs is 1. The van der Waals surface area contributed by atoms with Crippen LogP contribution in [0.4, 0.5) is 9.41 Å². The monoisotopic (exact) mass is 434 g/mol. The van der Waals surface area contributed by atoms with Gasteiger partial charge in [-0.25, -0.2) is 0 Å². The molecule has 2 aromatic carbocycles. The summed E-state index contributed by atoms with van der Waals surface area (Å²) in [4.78, 5) is 3.55. The van der Waals surface area contributed by atoms with Gasteiger partial charge in [-0.15, -0.1) is 0 Å². The smallest absolute Gasteiger partial charge is 0.496 e. The maximum Gasteiger partial charge on any atom is 0.586 e. The maximum atomic E-state index is 6.09. The number of methoxy groups -OCH3 is 1. The molecule has 0 saturated carbocycles. The molecule has 32 heavy (non-hydrogen) atoms. The van der Waals surface area contributed by atoms with Crippen molar-refractivity contribution in [3.8, 4) is 5.75 Å². The largest absolute Gasteiger partial charge is 0.586 e. The van der Waals surface area contributed by atoms with Crippen molar-refractivity contribution in [1.82, 2.24) is 4.98 Å². The topological polar surface area (TPSA) is 54.0 Å². The van der Waals surface area contributed by atoms with Gasteiger partial charge in [-0.3, -0.25) is 13.9 Å². The zero-order valence-corrected chi connectivity index (χ0v) is 18.2. The highest BCUT2D eigenvalue weighted by molar-refractivity contribution is 6.01. The summed E-state index contributed by atoms with van der Waals surface area (Å²) >= 11 is 0. The fourth-order valence-corrected chi connectivity index (χ4v) is 3.96. The molecule has 2 heterocycles. The van der Waals surface area contributed by atoms with E-state index >= 15 is 0 Å². The molecule has 4 rings (SSSR count). The van der Waals surface area contributed by atoms with Crippen molar-refractivity contribution in [2.24, 2.45) is 5.73 Å². The lowest BCUT2D eigenvalue weighted by Crippen LogP contribution is -2.09. The number of H-pyrrole nitrogens is 1. The van der Waals surface area contributed by atoms with E-state index in [0.717, 1.165) is 51.2 Å². The number of nitrogens with two attached hydrogens (primary N) is 1. The Bertz CT molecular complexity index is 1230. The van der Waals surface area contributed by atoms with E-state index in [9.17, 15) is 0 Å². The van der Waals surface area contributed by atoms with Gasteiger partial charge in [0, 0.05) is 28.8 Å². The molecule has 7 heteroatoms. The van der Waals surface area contributed by atoms with Crippen molar-refractivity contribution in [3.63, 3.8) is 0 Å². The van der Waals surface area contributed by atoms with Crippen LogP contribution in [-0.2, 0) is 0 Å². The number of rotatable bonds is 6. The highest BCUT2D eigenvalue weighted by Gasteiger charge is 2.20. The fourth-order valence-electron chi connectivity index (χ4n) is 3.96. The lowest BCUT2D eigenvalue weighted by atomic mass is 10.0. The highest BCUT2D eigenvalue weighted by Crippen LogP contribution is 2.30. The number of ether oxygens (including phenoxy) is 1. The number of halogens is 2. The molecule has 0 unspecified atom stereocenters. The Hall–Kier alpha value is -3.45. The van der Waals surface area contributed by atoms with Gasteiger partial charge in [0.15, 0.2) is 5.70 Å². The summed E-state index contributed by atoms with van der Waals surface area (Å²) in [6.45, 7) is 2.66. The van der Waals surface area contributed by atoms with Gasteiger partial charge in [0.1, 0.15) is 12.0 Å². The molecule has 0 saturated heterocycles. The van der Waals surface area contributed by atoms with Gasteiger partial charge in [-0.1, -0.05) is 36.4 Å². The van der Waals surface area contributed by atoms with Crippen LogP contribution >= 0.6 is 0 Å². The summed E-state index contributed by atoms with van der Waals surface area (Å²) in [6.07, 6.45) is 10.8. The van der Waals surface area contributed by atoms with Crippen molar-refractivity contribution < 1.29 is 18.6 Å². The van der Waals surface area contributed by atoms with E-state index in [2.05, 4.69) is 48.3 Å². The van der Waals surface area contributed by atoms with Crippen molar-refractivity contribution in [2.75, 3.05) is 13.7 Å². The molecule has 2 radical (unpaired) electrons. The lowest BCUT2D eigenvalue weighted by Gasteiger charge is -2.08. The molecule has 0 aliphatic carbocycles. The molecule has 1 aliphatic rings. The van der Waals surface area contributed by atoms with E-state index in [4.69, 9.17) is 18.5 Å². The number of allylic oxidation sites excluding steroid dienone is 2. The van der Waals surface area contributed by atoms with Crippen LogP contribution in [0.1, 0.15) is 28.9 Å². The molecule has 3 aromatic rings. The minimum absolute atomic E-state index is 0. The van der Waals surface area contributed by atoms with Gasteiger partial charge in [0.25, 0.3) is 0 Å². The molecule has 0 amide bonds. The lowest BCUT2D eigenvalue weighted by molar-refractivity contribution is -0.294. The SMILES string of the molecule is F.F.[B][N+]1=CC=CC1=C(CCN)c1[nH]c(/C=C/c2ccc(OC)c3ccccc23)cc1C. The number of hydrogen-bond acceptors (Lipinski definition) is 2. The zero-order chi connectivity index (χ0) is 21.1. The average molecular weight is 434 g/mol. The van der Waals surface area contributed by atoms with Gasteiger partial charge in [0.05, 0.1) is 12.8 Å². The molecular formula is C25H27BF2N3O+. The third kappa shape index (κ3) is 4.73.